The smallest absolute Gasteiger partial charge is 0.323 e. The van der Waals surface area contributed by atoms with Crippen molar-refractivity contribution in [1.82, 2.24) is 19.9 Å². The van der Waals surface area contributed by atoms with E-state index in [1.807, 2.05) is 41.3 Å². The van der Waals surface area contributed by atoms with Gasteiger partial charge in [0.25, 0.3) is 0 Å². The molecule has 2 aromatic carbocycles. The van der Waals surface area contributed by atoms with Gasteiger partial charge >= 0.3 is 6.03 Å². The molecule has 4 heterocycles. The Balaban J connectivity index is 1.15. The van der Waals surface area contributed by atoms with E-state index in [4.69, 9.17) is 19.7 Å². The number of benzene rings is 2. The lowest BCUT2D eigenvalue weighted by Gasteiger charge is -2.35. The largest absolute Gasteiger partial charge is 0.394 e. The summed E-state index contributed by atoms with van der Waals surface area (Å²) in [6.07, 6.45) is 1.49. The van der Waals surface area contributed by atoms with Gasteiger partial charge in [-0.1, -0.05) is 6.92 Å². The number of aromatic nitrogens is 3. The number of hydrogen-bond donors (Lipinski definition) is 4. The average molecular weight is 632 g/mol. The van der Waals surface area contributed by atoms with Gasteiger partial charge in [-0.2, -0.15) is 15.0 Å². The zero-order valence-corrected chi connectivity index (χ0v) is 26.7. The summed E-state index contributed by atoms with van der Waals surface area (Å²) < 4.78 is 5.63. The fraction of sp³-hybridized carbons (Fsp3) is 0.515. The van der Waals surface area contributed by atoms with Crippen LogP contribution in [0.25, 0.3) is 11.4 Å². The first kappa shape index (κ1) is 31.9. The van der Waals surface area contributed by atoms with E-state index in [2.05, 4.69) is 51.3 Å². The Morgan fingerprint density at radius 2 is 1.46 bits per heavy atom. The number of ether oxygens (including phenoxy) is 1. The highest BCUT2D eigenvalue weighted by molar-refractivity contribution is 5.99. The molecule has 0 saturated carbocycles. The SMILES string of the molecule is CCN1CCN(c2ccc(NC(=O)Nc3ccc(-c4nc(N5CCOCC5C)nc(N5[C@H](CO)CC[C@@H]5CO)n4)cc3)cc2)CC1. The van der Waals surface area contributed by atoms with Crippen LogP contribution in [0.1, 0.15) is 26.7 Å². The number of urea groups is 1. The van der Waals surface area contributed by atoms with Gasteiger partial charge in [-0.15, -0.1) is 0 Å². The molecule has 1 unspecified atom stereocenters. The summed E-state index contributed by atoms with van der Waals surface area (Å²) in [6, 6.07) is 14.7. The van der Waals surface area contributed by atoms with Crippen LogP contribution in [0.2, 0.25) is 0 Å². The predicted molar refractivity (Wildman–Crippen MR) is 180 cm³/mol. The number of carbonyl (C=O) groups is 1. The first-order valence-corrected chi connectivity index (χ1v) is 16.3. The molecule has 6 rings (SSSR count). The van der Waals surface area contributed by atoms with Crippen molar-refractivity contribution in [3.8, 4) is 11.4 Å². The van der Waals surface area contributed by atoms with Gasteiger partial charge in [-0.05, 0) is 74.8 Å². The molecule has 3 aliphatic heterocycles. The van der Waals surface area contributed by atoms with Gasteiger partial charge in [-0.3, -0.25) is 0 Å². The number of carbonyl (C=O) groups excluding carboxylic acids is 1. The van der Waals surface area contributed by atoms with E-state index in [1.165, 1.54) is 0 Å². The maximum atomic E-state index is 12.8. The van der Waals surface area contributed by atoms with Crippen molar-refractivity contribution in [3.05, 3.63) is 48.5 Å². The van der Waals surface area contributed by atoms with Crippen LogP contribution in [-0.4, -0.2) is 120 Å². The molecule has 3 atom stereocenters. The Labute approximate surface area is 270 Å². The number of hydrogen-bond acceptors (Lipinski definition) is 11. The van der Waals surface area contributed by atoms with Gasteiger partial charge in [-0.25, -0.2) is 4.79 Å². The Morgan fingerprint density at radius 3 is 2.04 bits per heavy atom. The normalized spacial score (nSPS) is 22.3. The van der Waals surface area contributed by atoms with E-state index in [9.17, 15) is 15.0 Å². The van der Waals surface area contributed by atoms with Gasteiger partial charge in [0.15, 0.2) is 5.82 Å². The minimum absolute atomic E-state index is 0.0519. The fourth-order valence-corrected chi connectivity index (χ4v) is 6.47. The minimum Gasteiger partial charge on any atom is -0.394 e. The Morgan fingerprint density at radius 1 is 0.848 bits per heavy atom. The number of morpholine rings is 1. The second-order valence-electron chi connectivity index (χ2n) is 12.2. The molecule has 13 heteroatoms. The highest BCUT2D eigenvalue weighted by Crippen LogP contribution is 2.31. The van der Waals surface area contributed by atoms with Crippen molar-refractivity contribution in [2.24, 2.45) is 0 Å². The van der Waals surface area contributed by atoms with Crippen molar-refractivity contribution in [2.75, 3.05) is 91.0 Å². The molecule has 0 aliphatic carbocycles. The van der Waals surface area contributed by atoms with Gasteiger partial charge < -0.3 is 45.2 Å². The van der Waals surface area contributed by atoms with Crippen LogP contribution in [0.5, 0.6) is 0 Å². The maximum absolute atomic E-state index is 12.8. The van der Waals surface area contributed by atoms with E-state index in [1.54, 1.807) is 0 Å². The highest BCUT2D eigenvalue weighted by atomic mass is 16.5. The minimum atomic E-state index is -0.331. The first-order chi connectivity index (χ1) is 22.4. The lowest BCUT2D eigenvalue weighted by molar-refractivity contribution is 0.0981. The van der Waals surface area contributed by atoms with Gasteiger partial charge in [0.2, 0.25) is 11.9 Å². The number of aliphatic hydroxyl groups is 2. The Kier molecular flexibility index (Phi) is 10.1. The molecule has 4 N–H and O–H groups in total. The molecule has 46 heavy (non-hydrogen) atoms. The number of anilines is 5. The van der Waals surface area contributed by atoms with Crippen LogP contribution in [0.15, 0.2) is 48.5 Å². The molecule has 0 spiro atoms. The van der Waals surface area contributed by atoms with E-state index in [-0.39, 0.29) is 37.4 Å². The lowest BCUT2D eigenvalue weighted by Crippen LogP contribution is -2.46. The number of nitrogens with one attached hydrogen (secondary N) is 2. The zero-order chi connectivity index (χ0) is 32.0. The van der Waals surface area contributed by atoms with Crippen LogP contribution < -0.4 is 25.3 Å². The quantitative estimate of drug-likeness (QED) is 0.277. The number of amides is 2. The molecule has 246 valence electrons. The first-order valence-electron chi connectivity index (χ1n) is 16.3. The zero-order valence-electron chi connectivity index (χ0n) is 26.7. The number of piperazine rings is 1. The van der Waals surface area contributed by atoms with Crippen LogP contribution in [0.3, 0.4) is 0 Å². The second kappa shape index (κ2) is 14.6. The summed E-state index contributed by atoms with van der Waals surface area (Å²) in [5.41, 5.74) is 3.26. The van der Waals surface area contributed by atoms with E-state index in [0.717, 1.165) is 62.5 Å². The fourth-order valence-electron chi connectivity index (χ4n) is 6.47. The summed E-state index contributed by atoms with van der Waals surface area (Å²) in [7, 11) is 0. The third-order valence-corrected chi connectivity index (χ3v) is 9.22. The number of likely N-dealkylation sites (N-methyl/N-ethyl adjacent to an activating group) is 1. The van der Waals surface area contributed by atoms with Crippen molar-refractivity contribution < 1.29 is 19.7 Å². The monoisotopic (exact) mass is 631 g/mol. The summed E-state index contributed by atoms with van der Waals surface area (Å²) in [5, 5.41) is 26.0. The molecule has 0 bridgehead atoms. The lowest BCUT2D eigenvalue weighted by atomic mass is 10.2. The molecule has 2 amide bonds. The molecular formula is C33H45N9O4. The molecule has 3 aromatic rings. The molecular weight excluding hydrogens is 586 g/mol. The van der Waals surface area contributed by atoms with Crippen molar-refractivity contribution in [1.29, 1.82) is 0 Å². The molecule has 3 saturated heterocycles. The van der Waals surface area contributed by atoms with Gasteiger partial charge in [0.05, 0.1) is 44.6 Å². The van der Waals surface area contributed by atoms with Crippen molar-refractivity contribution in [3.63, 3.8) is 0 Å². The van der Waals surface area contributed by atoms with E-state index < -0.39 is 0 Å². The van der Waals surface area contributed by atoms with Gasteiger partial charge in [0, 0.05) is 55.3 Å². The van der Waals surface area contributed by atoms with Crippen LogP contribution in [0, 0.1) is 0 Å². The molecule has 3 aliphatic rings. The summed E-state index contributed by atoms with van der Waals surface area (Å²) in [4.78, 5) is 36.2. The van der Waals surface area contributed by atoms with Gasteiger partial charge in [0.1, 0.15) is 0 Å². The molecule has 3 fully saturated rings. The Hall–Kier alpha value is -4.04. The van der Waals surface area contributed by atoms with E-state index >= 15 is 0 Å². The third-order valence-electron chi connectivity index (χ3n) is 9.22. The van der Waals surface area contributed by atoms with Crippen molar-refractivity contribution in [2.45, 2.75) is 44.8 Å². The highest BCUT2D eigenvalue weighted by Gasteiger charge is 2.36. The Bertz CT molecular complexity index is 1440. The van der Waals surface area contributed by atoms with Crippen LogP contribution in [0.4, 0.5) is 33.8 Å². The number of aliphatic hydroxyl groups excluding tert-OH is 2. The van der Waals surface area contributed by atoms with Crippen molar-refractivity contribution >= 4 is 35.0 Å². The standard InChI is InChI=1S/C33H45N9O4/c1-3-39-14-16-40(17-15-39)27-10-8-26(9-11-27)35-33(45)34-25-6-4-24(5-7-25)30-36-31(41-18-19-46-22-23(41)2)38-32(37-30)42-28(20-43)12-13-29(42)21-44/h4-11,23,28-29,43-44H,3,12-22H2,1-2H3,(H2,34,35,45)/t23?,28-,29+. The van der Waals surface area contributed by atoms with Crippen LogP contribution in [-0.2, 0) is 4.74 Å². The topological polar surface area (TPSA) is 142 Å². The summed E-state index contributed by atoms with van der Waals surface area (Å²) in [6.45, 7) is 11.2. The number of rotatable bonds is 9. The molecule has 13 nitrogen and oxygen atoms in total. The summed E-state index contributed by atoms with van der Waals surface area (Å²) in [5.74, 6) is 1.45. The molecule has 1 aromatic heterocycles. The number of nitrogens with zero attached hydrogens (tertiary/aromatic N) is 7. The second-order valence-corrected chi connectivity index (χ2v) is 12.2. The van der Waals surface area contributed by atoms with E-state index in [0.29, 0.717) is 43.2 Å². The predicted octanol–water partition coefficient (Wildman–Crippen LogP) is 2.87. The van der Waals surface area contributed by atoms with Crippen LogP contribution >= 0.6 is 0 Å². The third kappa shape index (κ3) is 7.17. The summed E-state index contributed by atoms with van der Waals surface area (Å²) >= 11 is 0. The average Bonchev–Trinajstić information content (AvgIpc) is 3.52. The maximum Gasteiger partial charge on any atom is 0.323 e. The molecule has 0 radical (unpaired) electrons.